The molecule has 2 saturated heterocycles. The second-order valence-electron chi connectivity index (χ2n) is 6.00. The van der Waals surface area contributed by atoms with Crippen LogP contribution in [0.25, 0.3) is 0 Å². The van der Waals surface area contributed by atoms with Crippen LogP contribution in [0.5, 0.6) is 0 Å². The third-order valence-electron chi connectivity index (χ3n) is 4.20. The van der Waals surface area contributed by atoms with Crippen molar-refractivity contribution in [2.75, 3.05) is 39.4 Å². The van der Waals surface area contributed by atoms with E-state index in [0.717, 1.165) is 13.1 Å². The summed E-state index contributed by atoms with van der Waals surface area (Å²) < 4.78 is 34.5. The summed E-state index contributed by atoms with van der Waals surface area (Å²) in [4.78, 5) is 6.28. The van der Waals surface area contributed by atoms with Crippen LogP contribution in [0.3, 0.4) is 0 Å². The second kappa shape index (κ2) is 6.11. The number of rotatable bonds is 4. The zero-order valence-corrected chi connectivity index (χ0v) is 13.6. The van der Waals surface area contributed by atoms with Crippen molar-refractivity contribution in [3.8, 4) is 0 Å². The zero-order chi connectivity index (χ0) is 15.7. The predicted octanol–water partition coefficient (Wildman–Crippen LogP) is -0.0726. The van der Waals surface area contributed by atoms with Gasteiger partial charge in [0.1, 0.15) is 0 Å². The second-order valence-corrected chi connectivity index (χ2v) is 7.88. The number of hydrogen-bond donors (Lipinski definition) is 0. The highest BCUT2D eigenvalue weighted by Gasteiger charge is 2.38. The van der Waals surface area contributed by atoms with Gasteiger partial charge in [-0.25, -0.2) is 13.4 Å². The number of nitrogens with zero attached hydrogens (tertiary/aromatic N) is 4. The van der Waals surface area contributed by atoms with Gasteiger partial charge in [0.05, 0.1) is 19.5 Å². The lowest BCUT2D eigenvalue weighted by Crippen LogP contribution is -2.45. The zero-order valence-electron chi connectivity index (χ0n) is 12.8. The van der Waals surface area contributed by atoms with E-state index in [0.29, 0.717) is 26.3 Å². The molecule has 2 bridgehead atoms. The summed E-state index contributed by atoms with van der Waals surface area (Å²) in [5.41, 5.74) is 0. The molecule has 2 aliphatic rings. The first-order valence-electron chi connectivity index (χ1n) is 7.41. The van der Waals surface area contributed by atoms with Crippen LogP contribution in [0.4, 0.5) is 0 Å². The SMILES string of the molecule is C=CCN1C[C@H]2COC[C@@H]1CN(S(=O)(=O)c1cn(C)cn1)C2. The van der Waals surface area contributed by atoms with Gasteiger partial charge in [-0.05, 0) is 0 Å². The van der Waals surface area contributed by atoms with Gasteiger partial charge in [0, 0.05) is 51.4 Å². The fourth-order valence-corrected chi connectivity index (χ4v) is 4.65. The molecule has 0 aliphatic carbocycles. The Balaban J connectivity index is 1.88. The molecule has 3 rings (SSSR count). The molecule has 0 unspecified atom stereocenters. The van der Waals surface area contributed by atoms with E-state index in [1.165, 1.54) is 6.33 Å². The average Bonchev–Trinajstić information content (AvgIpc) is 2.70. The monoisotopic (exact) mass is 326 g/mol. The van der Waals surface area contributed by atoms with E-state index in [1.54, 1.807) is 22.1 Å². The number of aromatic nitrogens is 2. The quantitative estimate of drug-likeness (QED) is 0.725. The highest BCUT2D eigenvalue weighted by atomic mass is 32.2. The first-order valence-corrected chi connectivity index (χ1v) is 8.85. The summed E-state index contributed by atoms with van der Waals surface area (Å²) in [6, 6.07) is 0.0592. The molecule has 7 nitrogen and oxygen atoms in total. The van der Waals surface area contributed by atoms with Crippen LogP contribution in [-0.2, 0) is 21.8 Å². The summed E-state index contributed by atoms with van der Waals surface area (Å²) in [7, 11) is -1.78. The van der Waals surface area contributed by atoms with Crippen molar-refractivity contribution < 1.29 is 13.2 Å². The van der Waals surface area contributed by atoms with E-state index < -0.39 is 10.0 Å². The van der Waals surface area contributed by atoms with E-state index in [9.17, 15) is 8.42 Å². The fraction of sp³-hybridized carbons (Fsp3) is 0.643. The first-order chi connectivity index (χ1) is 10.5. The lowest BCUT2D eigenvalue weighted by molar-refractivity contribution is 0.0707. The molecule has 0 saturated carbocycles. The van der Waals surface area contributed by atoms with Crippen LogP contribution in [0.15, 0.2) is 30.2 Å². The van der Waals surface area contributed by atoms with Gasteiger partial charge in [-0.2, -0.15) is 4.31 Å². The maximum Gasteiger partial charge on any atom is 0.262 e. The van der Waals surface area contributed by atoms with Gasteiger partial charge in [-0.3, -0.25) is 4.90 Å². The van der Waals surface area contributed by atoms with E-state index in [2.05, 4.69) is 16.5 Å². The van der Waals surface area contributed by atoms with E-state index in [4.69, 9.17) is 4.74 Å². The van der Waals surface area contributed by atoms with Crippen LogP contribution < -0.4 is 0 Å². The van der Waals surface area contributed by atoms with Crippen molar-refractivity contribution >= 4 is 10.0 Å². The standard InChI is InChI=1S/C14H22N4O3S/c1-3-4-17-5-12-6-18(7-13(17)10-21-9-12)22(19,20)14-8-16(2)11-15-14/h3,8,11-13H,1,4-7,9-10H2,2H3/t12-,13+/m1/s1. The van der Waals surface area contributed by atoms with Crippen molar-refractivity contribution in [2.24, 2.45) is 13.0 Å². The Bertz CT molecular complexity index is 642. The molecule has 1 aromatic heterocycles. The number of fused-ring (bicyclic) bond motifs is 3. The molecular weight excluding hydrogens is 304 g/mol. The third-order valence-corrected chi connectivity index (χ3v) is 5.92. The molecule has 22 heavy (non-hydrogen) atoms. The molecule has 0 radical (unpaired) electrons. The molecule has 0 N–H and O–H groups in total. The van der Waals surface area contributed by atoms with Gasteiger partial charge in [-0.15, -0.1) is 6.58 Å². The number of hydrogen-bond acceptors (Lipinski definition) is 5. The molecule has 3 heterocycles. The Labute approximate surface area is 131 Å². The van der Waals surface area contributed by atoms with Crippen LogP contribution in [0.1, 0.15) is 0 Å². The topological polar surface area (TPSA) is 67.7 Å². The number of sulfonamides is 1. The molecule has 2 aliphatic heterocycles. The number of imidazole rings is 1. The third kappa shape index (κ3) is 2.96. The van der Waals surface area contributed by atoms with Crippen molar-refractivity contribution in [1.82, 2.24) is 18.8 Å². The maximum atomic E-state index is 12.8. The Hall–Kier alpha value is -1.22. The summed E-state index contributed by atoms with van der Waals surface area (Å²) >= 11 is 0. The van der Waals surface area contributed by atoms with Crippen molar-refractivity contribution in [3.63, 3.8) is 0 Å². The number of ether oxygens (including phenoxy) is 1. The van der Waals surface area contributed by atoms with E-state index in [1.807, 2.05) is 6.08 Å². The minimum absolute atomic E-state index is 0.0592. The van der Waals surface area contributed by atoms with Crippen LogP contribution >= 0.6 is 0 Å². The largest absolute Gasteiger partial charge is 0.379 e. The van der Waals surface area contributed by atoms with E-state index >= 15 is 0 Å². The summed E-state index contributed by atoms with van der Waals surface area (Å²) in [6.07, 6.45) is 4.92. The van der Waals surface area contributed by atoms with Crippen molar-refractivity contribution in [3.05, 3.63) is 25.2 Å². The van der Waals surface area contributed by atoms with Crippen molar-refractivity contribution in [2.45, 2.75) is 11.1 Å². The molecule has 1 aromatic rings. The minimum Gasteiger partial charge on any atom is -0.379 e. The Morgan fingerprint density at radius 1 is 1.41 bits per heavy atom. The molecule has 2 atom stereocenters. The Kier molecular flexibility index (Phi) is 4.35. The number of aryl methyl sites for hydroxylation is 1. The highest BCUT2D eigenvalue weighted by molar-refractivity contribution is 7.89. The minimum atomic E-state index is -3.55. The first kappa shape index (κ1) is 15.7. The van der Waals surface area contributed by atoms with Gasteiger partial charge in [-0.1, -0.05) is 6.08 Å². The van der Waals surface area contributed by atoms with Crippen molar-refractivity contribution in [1.29, 1.82) is 0 Å². The lowest BCUT2D eigenvalue weighted by Gasteiger charge is -2.29. The smallest absolute Gasteiger partial charge is 0.262 e. The van der Waals surface area contributed by atoms with Gasteiger partial charge in [0.25, 0.3) is 10.0 Å². The molecule has 122 valence electrons. The highest BCUT2D eigenvalue weighted by Crippen LogP contribution is 2.24. The van der Waals surface area contributed by atoms with Crippen LogP contribution in [0.2, 0.25) is 0 Å². The van der Waals surface area contributed by atoms with Gasteiger partial charge in [0.15, 0.2) is 5.03 Å². The normalized spacial score (nSPS) is 27.5. The van der Waals surface area contributed by atoms with Crippen LogP contribution in [0, 0.1) is 5.92 Å². The van der Waals surface area contributed by atoms with Gasteiger partial charge >= 0.3 is 0 Å². The summed E-state index contributed by atoms with van der Waals surface area (Å²) in [5.74, 6) is 0.172. The summed E-state index contributed by atoms with van der Waals surface area (Å²) in [6.45, 7) is 7.44. The molecule has 8 heteroatoms. The maximum absolute atomic E-state index is 12.8. The van der Waals surface area contributed by atoms with Gasteiger partial charge in [0.2, 0.25) is 0 Å². The predicted molar refractivity (Wildman–Crippen MR) is 81.8 cm³/mol. The lowest BCUT2D eigenvalue weighted by atomic mass is 10.1. The van der Waals surface area contributed by atoms with Crippen LogP contribution in [-0.4, -0.2) is 72.6 Å². The molecular formula is C14H22N4O3S. The Morgan fingerprint density at radius 3 is 2.91 bits per heavy atom. The summed E-state index contributed by atoms with van der Waals surface area (Å²) in [5, 5.41) is 0.117. The average molecular weight is 326 g/mol. The molecule has 2 fully saturated rings. The van der Waals surface area contributed by atoms with E-state index in [-0.39, 0.29) is 17.0 Å². The molecule has 0 amide bonds. The fourth-order valence-electron chi connectivity index (χ4n) is 3.13. The Morgan fingerprint density at radius 2 is 2.23 bits per heavy atom. The van der Waals surface area contributed by atoms with Gasteiger partial charge < -0.3 is 9.30 Å². The molecule has 0 spiro atoms. The molecule has 0 aromatic carbocycles.